The number of rotatable bonds is 6. The van der Waals surface area contributed by atoms with Crippen molar-refractivity contribution in [3.05, 3.63) is 105 Å². The van der Waals surface area contributed by atoms with E-state index in [0.29, 0.717) is 24.0 Å². The molecule has 2 rings (SSSR count). The molecule has 2 aliphatic rings. The number of hydrogen-bond donors (Lipinski definition) is 2. The van der Waals surface area contributed by atoms with Crippen LogP contribution in [0.5, 0.6) is 0 Å². The highest BCUT2D eigenvalue weighted by molar-refractivity contribution is 6.01. The molecule has 2 atom stereocenters. The third-order valence-electron chi connectivity index (χ3n) is 7.86. The molecule has 0 bridgehead atoms. The molecular formula is C40H48O4. The molecule has 0 unspecified atom stereocenters. The molecule has 0 amide bonds. The van der Waals surface area contributed by atoms with E-state index in [2.05, 4.69) is 23.7 Å². The van der Waals surface area contributed by atoms with Crippen molar-refractivity contribution in [2.45, 2.75) is 94.3 Å². The van der Waals surface area contributed by atoms with Gasteiger partial charge in [-0.25, -0.2) is 0 Å². The van der Waals surface area contributed by atoms with E-state index in [4.69, 9.17) is 0 Å². The van der Waals surface area contributed by atoms with Crippen LogP contribution in [-0.2, 0) is 9.59 Å². The van der Waals surface area contributed by atoms with E-state index in [9.17, 15) is 19.8 Å². The van der Waals surface area contributed by atoms with Crippen molar-refractivity contribution in [2.75, 3.05) is 0 Å². The van der Waals surface area contributed by atoms with Crippen LogP contribution in [0, 0.1) is 34.5 Å². The zero-order valence-corrected chi connectivity index (χ0v) is 28.1. The molecule has 4 nitrogen and oxygen atoms in total. The maximum absolute atomic E-state index is 12.2. The van der Waals surface area contributed by atoms with Gasteiger partial charge in [0, 0.05) is 33.1 Å². The lowest BCUT2D eigenvalue weighted by Gasteiger charge is -2.33. The van der Waals surface area contributed by atoms with E-state index in [1.54, 1.807) is 13.8 Å². The highest BCUT2D eigenvalue weighted by atomic mass is 16.3. The predicted molar refractivity (Wildman–Crippen MR) is 182 cm³/mol. The molecular weight excluding hydrogens is 544 g/mol. The minimum atomic E-state index is -0.943. The maximum atomic E-state index is 12.2. The first-order valence-electron chi connectivity index (χ1n) is 15.1. The molecule has 2 N–H and O–H groups in total. The fourth-order valence-electron chi connectivity index (χ4n) is 5.26. The van der Waals surface area contributed by atoms with Gasteiger partial charge in [0.15, 0.2) is 11.6 Å². The second-order valence-electron chi connectivity index (χ2n) is 13.1. The van der Waals surface area contributed by atoms with Gasteiger partial charge in [-0.2, -0.15) is 0 Å². The number of ketones is 2. The molecule has 0 heterocycles. The van der Waals surface area contributed by atoms with Crippen LogP contribution in [0.2, 0.25) is 0 Å². The number of carbonyl (C=O) groups excluding carboxylic acids is 2. The number of aliphatic hydroxyl groups is 2. The Morgan fingerprint density at radius 3 is 1.32 bits per heavy atom. The summed E-state index contributed by atoms with van der Waals surface area (Å²) in [5.41, 5.74) is 6.00. The van der Waals surface area contributed by atoms with Crippen LogP contribution in [0.1, 0.15) is 82.1 Å². The Labute approximate surface area is 265 Å². The van der Waals surface area contributed by atoms with Gasteiger partial charge in [0.2, 0.25) is 0 Å². The van der Waals surface area contributed by atoms with Gasteiger partial charge in [-0.3, -0.25) is 9.59 Å². The SMILES string of the molecule is CC1=C(C#C/C(C)=C/C=C/C(C)=C/C=C/C=C(C)/C=C/C=C(\C)C#CC2=C(C)C(=O)[C@H](O)CC2(C)C)C(C)(C)C[C@@H](O)C1=O. The number of aliphatic hydroxyl groups excluding tert-OH is 2. The number of carbonyl (C=O) groups is 2. The highest BCUT2D eigenvalue weighted by Crippen LogP contribution is 2.39. The lowest BCUT2D eigenvalue weighted by atomic mass is 9.71. The van der Waals surface area contributed by atoms with Crippen LogP contribution >= 0.6 is 0 Å². The van der Waals surface area contributed by atoms with Crippen molar-refractivity contribution < 1.29 is 19.8 Å². The highest BCUT2D eigenvalue weighted by Gasteiger charge is 2.38. The monoisotopic (exact) mass is 592 g/mol. The van der Waals surface area contributed by atoms with E-state index >= 15 is 0 Å². The summed E-state index contributed by atoms with van der Waals surface area (Å²) in [4.78, 5) is 24.4. The van der Waals surface area contributed by atoms with Crippen molar-refractivity contribution in [3.8, 4) is 23.7 Å². The Bertz CT molecular complexity index is 1450. The fourth-order valence-corrected chi connectivity index (χ4v) is 5.26. The second kappa shape index (κ2) is 15.7. The van der Waals surface area contributed by atoms with E-state index in [0.717, 1.165) is 33.4 Å². The third-order valence-corrected chi connectivity index (χ3v) is 7.86. The molecule has 0 aromatic heterocycles. The van der Waals surface area contributed by atoms with Gasteiger partial charge in [-0.15, -0.1) is 0 Å². The number of allylic oxidation sites excluding steroid dienone is 16. The molecule has 0 aromatic carbocycles. The predicted octanol–water partition coefficient (Wildman–Crippen LogP) is 7.80. The van der Waals surface area contributed by atoms with Gasteiger partial charge in [-0.05, 0) is 65.5 Å². The summed E-state index contributed by atoms with van der Waals surface area (Å²) in [5.74, 6) is 12.2. The van der Waals surface area contributed by atoms with Crippen molar-refractivity contribution in [3.63, 3.8) is 0 Å². The summed E-state index contributed by atoms with van der Waals surface area (Å²) in [6, 6.07) is 0. The Hall–Kier alpha value is -3.96. The topological polar surface area (TPSA) is 74.6 Å². The van der Waals surface area contributed by atoms with E-state index in [-0.39, 0.29) is 22.4 Å². The Kier molecular flexibility index (Phi) is 12.9. The first-order chi connectivity index (χ1) is 20.5. The minimum Gasteiger partial charge on any atom is -0.385 e. The van der Waals surface area contributed by atoms with Gasteiger partial charge in [0.05, 0.1) is 0 Å². The van der Waals surface area contributed by atoms with Gasteiger partial charge in [-0.1, -0.05) is 123 Å². The van der Waals surface area contributed by atoms with Gasteiger partial charge >= 0.3 is 0 Å². The molecule has 0 saturated carbocycles. The molecule has 0 aromatic rings. The average Bonchev–Trinajstić information content (AvgIpc) is 2.92. The summed E-state index contributed by atoms with van der Waals surface area (Å²) in [6.45, 7) is 19.5. The fraction of sp³-hybridized carbons (Fsp3) is 0.400. The summed E-state index contributed by atoms with van der Waals surface area (Å²) in [6.07, 6.45) is 18.8. The summed E-state index contributed by atoms with van der Waals surface area (Å²) in [5, 5.41) is 20.0. The molecule has 4 heteroatoms. The molecule has 0 radical (unpaired) electrons. The normalized spacial score (nSPS) is 23.5. The van der Waals surface area contributed by atoms with E-state index < -0.39 is 12.2 Å². The van der Waals surface area contributed by atoms with Crippen molar-refractivity contribution >= 4 is 11.6 Å². The number of Topliss-reactive ketones (excluding diaryl/α,β-unsaturated/α-hetero) is 2. The second-order valence-corrected chi connectivity index (χ2v) is 13.1. The molecule has 232 valence electrons. The molecule has 44 heavy (non-hydrogen) atoms. The third kappa shape index (κ3) is 10.3. The smallest absolute Gasteiger partial charge is 0.187 e. The Balaban J connectivity index is 1.98. The van der Waals surface area contributed by atoms with Crippen LogP contribution in [0.15, 0.2) is 105 Å². The zero-order valence-electron chi connectivity index (χ0n) is 28.1. The van der Waals surface area contributed by atoms with Crippen molar-refractivity contribution in [2.24, 2.45) is 10.8 Å². The molecule has 0 fully saturated rings. The zero-order chi connectivity index (χ0) is 33.2. The largest absolute Gasteiger partial charge is 0.385 e. The molecule has 0 aliphatic heterocycles. The standard InChI is InChI=1S/C40H48O4/c1-27(17-13-19-29(3)21-23-33-31(5)37(43)35(41)25-39(33,7)8)15-11-12-16-28(2)18-14-20-30(4)22-24-34-32(6)38(44)36(42)26-40(34,9)10/h11-20,35-36,41-42H,25-26H2,1-10H3/b12-11+,17-13+,18-14+,27-15+,28-16+,29-19+,30-20+/t35-,36-/m1/s1. The lowest BCUT2D eigenvalue weighted by molar-refractivity contribution is -0.126. The first-order valence-corrected chi connectivity index (χ1v) is 15.1. The Morgan fingerprint density at radius 2 is 0.977 bits per heavy atom. The van der Waals surface area contributed by atoms with E-state index in [1.807, 2.05) is 116 Å². The number of hydrogen-bond acceptors (Lipinski definition) is 4. The Morgan fingerprint density at radius 1 is 0.636 bits per heavy atom. The lowest BCUT2D eigenvalue weighted by Crippen LogP contribution is -2.35. The molecule has 0 spiro atoms. The summed E-state index contributed by atoms with van der Waals surface area (Å²) < 4.78 is 0. The van der Waals surface area contributed by atoms with Crippen LogP contribution in [0.3, 0.4) is 0 Å². The van der Waals surface area contributed by atoms with Gasteiger partial charge < -0.3 is 10.2 Å². The van der Waals surface area contributed by atoms with Crippen LogP contribution in [0.25, 0.3) is 0 Å². The molecule has 2 aliphatic carbocycles. The first kappa shape index (κ1) is 36.2. The molecule has 0 saturated heterocycles. The van der Waals surface area contributed by atoms with Crippen LogP contribution < -0.4 is 0 Å². The maximum Gasteiger partial charge on any atom is 0.187 e. The van der Waals surface area contributed by atoms with E-state index in [1.165, 1.54) is 0 Å². The average molecular weight is 593 g/mol. The summed E-state index contributed by atoms with van der Waals surface area (Å²) in [7, 11) is 0. The minimum absolute atomic E-state index is 0.228. The van der Waals surface area contributed by atoms with Gasteiger partial charge in [0.25, 0.3) is 0 Å². The quantitative estimate of drug-likeness (QED) is 0.244. The van der Waals surface area contributed by atoms with Gasteiger partial charge in [0.1, 0.15) is 12.2 Å². The van der Waals surface area contributed by atoms with Crippen LogP contribution in [0.4, 0.5) is 0 Å². The van der Waals surface area contributed by atoms with Crippen molar-refractivity contribution in [1.82, 2.24) is 0 Å². The van der Waals surface area contributed by atoms with Crippen molar-refractivity contribution in [1.29, 1.82) is 0 Å². The summed E-state index contributed by atoms with van der Waals surface area (Å²) >= 11 is 0. The van der Waals surface area contributed by atoms with Crippen LogP contribution in [-0.4, -0.2) is 34.0 Å².